The maximum Gasteiger partial charge on any atom is 0.256 e. The quantitative estimate of drug-likeness (QED) is 0.839. The molecule has 5 nitrogen and oxygen atoms in total. The van der Waals surface area contributed by atoms with Crippen molar-refractivity contribution in [1.82, 2.24) is 10.2 Å². The van der Waals surface area contributed by atoms with Gasteiger partial charge in [-0.15, -0.1) is 12.4 Å². The van der Waals surface area contributed by atoms with Crippen LogP contribution in [-0.2, 0) is 9.84 Å². The smallest absolute Gasteiger partial charge is 0.256 e. The van der Waals surface area contributed by atoms with Gasteiger partial charge in [-0.3, -0.25) is 4.79 Å². The van der Waals surface area contributed by atoms with E-state index in [1.807, 2.05) is 0 Å². The molecule has 0 spiro atoms. The minimum absolute atomic E-state index is 0. The number of benzene rings is 1. The minimum atomic E-state index is -3.45. The Morgan fingerprint density at radius 1 is 1.33 bits per heavy atom. The van der Waals surface area contributed by atoms with Crippen molar-refractivity contribution >= 4 is 28.2 Å². The van der Waals surface area contributed by atoms with E-state index < -0.39 is 21.6 Å². The normalized spacial score (nSPS) is 15.4. The summed E-state index contributed by atoms with van der Waals surface area (Å²) in [6, 6.07) is 3.37. The van der Waals surface area contributed by atoms with Gasteiger partial charge >= 0.3 is 0 Å². The Kier molecular flexibility index (Phi) is 6.12. The van der Waals surface area contributed by atoms with Crippen LogP contribution in [0, 0.1) is 5.82 Å². The monoisotopic (exact) mass is 336 g/mol. The predicted octanol–water partition coefficient (Wildman–Crippen LogP) is 1.09. The fraction of sp³-hybridized carbons (Fsp3) is 0.462. The number of amides is 1. The predicted molar refractivity (Wildman–Crippen MR) is 80.1 cm³/mol. The van der Waals surface area contributed by atoms with Gasteiger partial charge in [-0.1, -0.05) is 6.92 Å². The third-order valence-electron chi connectivity index (χ3n) is 3.31. The van der Waals surface area contributed by atoms with Crippen LogP contribution in [-0.4, -0.2) is 51.2 Å². The molecule has 1 amide bonds. The molecule has 1 aliphatic heterocycles. The van der Waals surface area contributed by atoms with Gasteiger partial charge in [-0.2, -0.15) is 0 Å². The first-order valence-electron chi connectivity index (χ1n) is 6.48. The number of hydrogen-bond acceptors (Lipinski definition) is 4. The second-order valence-corrected chi connectivity index (χ2v) is 6.87. The number of piperazine rings is 1. The number of carbonyl (C=O) groups excluding carboxylic acids is 1. The maximum atomic E-state index is 13.8. The number of sulfone groups is 1. The second kappa shape index (κ2) is 7.20. The Labute approximate surface area is 129 Å². The zero-order valence-corrected chi connectivity index (χ0v) is 13.3. The molecule has 2 rings (SSSR count). The van der Waals surface area contributed by atoms with Crippen LogP contribution in [0.1, 0.15) is 17.3 Å². The van der Waals surface area contributed by atoms with Crippen molar-refractivity contribution in [3.05, 3.63) is 29.6 Å². The molecule has 0 atom stereocenters. The van der Waals surface area contributed by atoms with Crippen LogP contribution in [0.25, 0.3) is 0 Å². The molecule has 21 heavy (non-hydrogen) atoms. The summed E-state index contributed by atoms with van der Waals surface area (Å²) in [6.45, 7) is 3.79. The highest BCUT2D eigenvalue weighted by Gasteiger charge is 2.23. The van der Waals surface area contributed by atoms with Crippen LogP contribution in [0.15, 0.2) is 23.1 Å². The number of carbonyl (C=O) groups is 1. The fourth-order valence-corrected chi connectivity index (χ4v) is 2.97. The maximum absolute atomic E-state index is 13.8. The Bertz CT molecular complexity index is 616. The molecule has 0 aliphatic carbocycles. The van der Waals surface area contributed by atoms with Crippen molar-refractivity contribution < 1.29 is 17.6 Å². The van der Waals surface area contributed by atoms with Crippen LogP contribution in [0.3, 0.4) is 0 Å². The van der Waals surface area contributed by atoms with Crippen LogP contribution in [0.2, 0.25) is 0 Å². The lowest BCUT2D eigenvalue weighted by molar-refractivity contribution is 0.0731. The molecular weight excluding hydrogens is 319 g/mol. The van der Waals surface area contributed by atoms with Crippen molar-refractivity contribution in [3.63, 3.8) is 0 Å². The first kappa shape index (κ1) is 17.9. The molecule has 8 heteroatoms. The molecule has 0 saturated carbocycles. The van der Waals surface area contributed by atoms with E-state index in [9.17, 15) is 17.6 Å². The van der Waals surface area contributed by atoms with E-state index in [0.29, 0.717) is 26.2 Å². The highest BCUT2D eigenvalue weighted by molar-refractivity contribution is 7.91. The van der Waals surface area contributed by atoms with Gasteiger partial charge in [0.2, 0.25) is 0 Å². The number of hydrogen-bond donors (Lipinski definition) is 1. The van der Waals surface area contributed by atoms with E-state index in [1.54, 1.807) is 0 Å². The molecule has 1 aromatic carbocycles. The summed E-state index contributed by atoms with van der Waals surface area (Å²) in [7, 11) is -3.45. The molecule has 0 radical (unpaired) electrons. The lowest BCUT2D eigenvalue weighted by Crippen LogP contribution is -2.46. The Morgan fingerprint density at radius 3 is 2.52 bits per heavy atom. The summed E-state index contributed by atoms with van der Waals surface area (Å²) in [5.41, 5.74) is -0.179. The van der Waals surface area contributed by atoms with Crippen molar-refractivity contribution in [3.8, 4) is 0 Å². The van der Waals surface area contributed by atoms with Crippen molar-refractivity contribution in [2.24, 2.45) is 0 Å². The van der Waals surface area contributed by atoms with Crippen molar-refractivity contribution in [2.45, 2.75) is 11.8 Å². The van der Waals surface area contributed by atoms with Gasteiger partial charge in [0, 0.05) is 26.2 Å². The molecule has 1 aromatic rings. The topological polar surface area (TPSA) is 66.5 Å². The van der Waals surface area contributed by atoms with Gasteiger partial charge in [0.15, 0.2) is 9.84 Å². The summed E-state index contributed by atoms with van der Waals surface area (Å²) in [5, 5.41) is 3.10. The van der Waals surface area contributed by atoms with Crippen molar-refractivity contribution in [2.75, 3.05) is 31.9 Å². The molecule has 1 aliphatic rings. The zero-order valence-electron chi connectivity index (χ0n) is 11.6. The van der Waals surface area contributed by atoms with E-state index in [1.165, 1.54) is 17.9 Å². The average molecular weight is 337 g/mol. The number of halogens is 2. The molecule has 0 unspecified atom stereocenters. The SMILES string of the molecule is CCS(=O)(=O)c1ccc(F)c(C(=O)N2CCNCC2)c1.Cl. The van der Waals surface area contributed by atoms with Crippen LogP contribution in [0.4, 0.5) is 4.39 Å². The molecular formula is C13H18ClFN2O3S. The van der Waals surface area contributed by atoms with E-state index in [2.05, 4.69) is 5.32 Å². The summed E-state index contributed by atoms with van der Waals surface area (Å²) in [5.74, 6) is -1.24. The lowest BCUT2D eigenvalue weighted by Gasteiger charge is -2.27. The molecule has 1 fully saturated rings. The lowest BCUT2D eigenvalue weighted by atomic mass is 10.1. The largest absolute Gasteiger partial charge is 0.336 e. The fourth-order valence-electron chi connectivity index (χ4n) is 2.07. The number of nitrogens with zero attached hydrogens (tertiary/aromatic N) is 1. The summed E-state index contributed by atoms with van der Waals surface area (Å²) >= 11 is 0. The van der Waals surface area contributed by atoms with Crippen LogP contribution < -0.4 is 5.32 Å². The second-order valence-electron chi connectivity index (χ2n) is 4.59. The van der Waals surface area contributed by atoms with Gasteiger partial charge in [-0.25, -0.2) is 12.8 Å². The highest BCUT2D eigenvalue weighted by Crippen LogP contribution is 2.18. The molecule has 1 saturated heterocycles. The first-order chi connectivity index (χ1) is 9.45. The minimum Gasteiger partial charge on any atom is -0.336 e. The molecule has 1 N–H and O–H groups in total. The number of rotatable bonds is 3. The molecule has 1 heterocycles. The standard InChI is InChI=1S/C13H17FN2O3S.ClH/c1-2-20(18,19)10-3-4-12(14)11(9-10)13(17)16-7-5-15-6-8-16;/h3-4,9,15H,2,5-8H2,1H3;1H. The van der Waals surface area contributed by atoms with Gasteiger partial charge in [0.1, 0.15) is 5.82 Å². The third kappa shape index (κ3) is 3.93. The van der Waals surface area contributed by atoms with E-state index in [4.69, 9.17) is 0 Å². The average Bonchev–Trinajstić information content (AvgIpc) is 2.47. The Morgan fingerprint density at radius 2 is 1.95 bits per heavy atom. The van der Waals surface area contributed by atoms with Gasteiger partial charge in [0.25, 0.3) is 5.91 Å². The number of nitrogens with one attached hydrogen (secondary N) is 1. The Balaban J connectivity index is 0.00000220. The summed E-state index contributed by atoms with van der Waals surface area (Å²) < 4.78 is 37.4. The van der Waals surface area contributed by atoms with E-state index in [0.717, 1.165) is 12.1 Å². The van der Waals surface area contributed by atoms with E-state index >= 15 is 0 Å². The summed E-state index contributed by atoms with van der Waals surface area (Å²) in [6.07, 6.45) is 0. The highest BCUT2D eigenvalue weighted by atomic mass is 35.5. The molecule has 0 aromatic heterocycles. The summed E-state index contributed by atoms with van der Waals surface area (Å²) in [4.78, 5) is 13.8. The molecule has 0 bridgehead atoms. The Hall–Kier alpha value is -1.18. The third-order valence-corrected chi connectivity index (χ3v) is 5.04. The van der Waals surface area contributed by atoms with Crippen molar-refractivity contribution in [1.29, 1.82) is 0 Å². The van der Waals surface area contributed by atoms with E-state index in [-0.39, 0.29) is 28.6 Å². The van der Waals surface area contributed by atoms with Crippen LogP contribution >= 0.6 is 12.4 Å². The van der Waals surface area contributed by atoms with Gasteiger partial charge in [0.05, 0.1) is 16.2 Å². The van der Waals surface area contributed by atoms with Gasteiger partial charge < -0.3 is 10.2 Å². The first-order valence-corrected chi connectivity index (χ1v) is 8.13. The van der Waals surface area contributed by atoms with Gasteiger partial charge in [-0.05, 0) is 18.2 Å². The zero-order chi connectivity index (χ0) is 14.8. The van der Waals surface area contributed by atoms with Crippen LogP contribution in [0.5, 0.6) is 0 Å². The molecule has 118 valence electrons.